The number of hydrogen-bond donors (Lipinski definition) is 1. The number of nitro groups is 1. The van der Waals surface area contributed by atoms with Crippen LogP contribution in [0.1, 0.15) is 11.1 Å². The van der Waals surface area contributed by atoms with Gasteiger partial charge in [-0.15, -0.1) is 12.4 Å². The van der Waals surface area contributed by atoms with Crippen LogP contribution in [-0.2, 0) is 13.0 Å². The number of nitrogens with zero attached hydrogens (tertiary/aromatic N) is 1. The molecular formula is C15H17ClN2O3. The molecule has 0 atom stereocenters. The van der Waals surface area contributed by atoms with Crippen LogP contribution >= 0.6 is 12.4 Å². The van der Waals surface area contributed by atoms with Gasteiger partial charge in [-0.1, -0.05) is 12.1 Å². The molecule has 21 heavy (non-hydrogen) atoms. The van der Waals surface area contributed by atoms with Crippen LogP contribution in [0.3, 0.4) is 0 Å². The molecule has 0 spiro atoms. The second-order valence-corrected chi connectivity index (χ2v) is 4.39. The van der Waals surface area contributed by atoms with Gasteiger partial charge in [0.1, 0.15) is 12.4 Å². The Kier molecular flexibility index (Phi) is 6.65. The lowest BCUT2D eigenvalue weighted by atomic mass is 10.1. The number of ether oxygens (including phenoxy) is 1. The summed E-state index contributed by atoms with van der Waals surface area (Å²) in [5, 5.41) is 10.5. The van der Waals surface area contributed by atoms with Gasteiger partial charge in [-0.3, -0.25) is 10.1 Å². The Labute approximate surface area is 129 Å². The average molecular weight is 309 g/mol. The highest BCUT2D eigenvalue weighted by atomic mass is 35.5. The highest BCUT2D eigenvalue weighted by Crippen LogP contribution is 2.16. The summed E-state index contributed by atoms with van der Waals surface area (Å²) in [5.41, 5.74) is 7.64. The summed E-state index contributed by atoms with van der Waals surface area (Å²) in [5.74, 6) is 0.768. The first kappa shape index (κ1) is 16.9. The van der Waals surface area contributed by atoms with Gasteiger partial charge in [0.05, 0.1) is 4.92 Å². The van der Waals surface area contributed by atoms with Gasteiger partial charge < -0.3 is 10.5 Å². The second kappa shape index (κ2) is 8.24. The minimum Gasteiger partial charge on any atom is -0.489 e. The Morgan fingerprint density at radius 1 is 1.00 bits per heavy atom. The van der Waals surface area contributed by atoms with Crippen LogP contribution in [0.5, 0.6) is 5.75 Å². The van der Waals surface area contributed by atoms with E-state index in [0.717, 1.165) is 17.7 Å². The lowest BCUT2D eigenvalue weighted by Gasteiger charge is -2.07. The van der Waals surface area contributed by atoms with Crippen LogP contribution in [0.25, 0.3) is 0 Å². The molecule has 0 saturated carbocycles. The predicted molar refractivity (Wildman–Crippen MR) is 83.9 cm³/mol. The fourth-order valence-corrected chi connectivity index (χ4v) is 1.80. The molecule has 0 saturated heterocycles. The monoisotopic (exact) mass is 308 g/mol. The Morgan fingerprint density at radius 3 is 2.10 bits per heavy atom. The zero-order valence-electron chi connectivity index (χ0n) is 11.4. The van der Waals surface area contributed by atoms with E-state index in [2.05, 4.69) is 0 Å². The highest BCUT2D eigenvalue weighted by molar-refractivity contribution is 5.85. The van der Waals surface area contributed by atoms with Gasteiger partial charge in [-0.2, -0.15) is 0 Å². The molecule has 0 radical (unpaired) electrons. The summed E-state index contributed by atoms with van der Waals surface area (Å²) in [7, 11) is 0. The Hall–Kier alpha value is -2.11. The summed E-state index contributed by atoms with van der Waals surface area (Å²) >= 11 is 0. The molecule has 0 aromatic heterocycles. The standard InChI is InChI=1S/C15H16N2O3.ClH/c16-10-9-12-3-7-15(8-4-12)20-11-13-1-5-14(6-2-13)17(18)19;/h1-8H,9-11,16H2;1H. The summed E-state index contributed by atoms with van der Waals surface area (Å²) in [6.07, 6.45) is 0.850. The van der Waals surface area contributed by atoms with Crippen molar-refractivity contribution in [2.24, 2.45) is 5.73 Å². The van der Waals surface area contributed by atoms with Crippen LogP contribution in [0, 0.1) is 10.1 Å². The third kappa shape index (κ3) is 5.06. The van der Waals surface area contributed by atoms with Gasteiger partial charge in [-0.05, 0) is 48.4 Å². The lowest BCUT2D eigenvalue weighted by Crippen LogP contribution is -2.02. The molecule has 0 fully saturated rings. The molecule has 0 aliphatic rings. The molecular weight excluding hydrogens is 292 g/mol. The SMILES string of the molecule is Cl.NCCc1ccc(OCc2ccc([N+](=O)[O-])cc2)cc1. The molecule has 2 rings (SSSR count). The van der Waals surface area contributed by atoms with Crippen molar-refractivity contribution in [2.45, 2.75) is 13.0 Å². The Bertz CT molecular complexity index is 570. The van der Waals surface area contributed by atoms with E-state index >= 15 is 0 Å². The fourth-order valence-electron chi connectivity index (χ4n) is 1.80. The van der Waals surface area contributed by atoms with Crippen molar-refractivity contribution in [1.29, 1.82) is 0 Å². The number of nitrogens with two attached hydrogens (primary N) is 1. The third-order valence-corrected chi connectivity index (χ3v) is 2.91. The normalized spacial score (nSPS) is 9.76. The van der Waals surface area contributed by atoms with Crippen LogP contribution in [-0.4, -0.2) is 11.5 Å². The first-order valence-electron chi connectivity index (χ1n) is 6.34. The van der Waals surface area contributed by atoms with Crippen LogP contribution < -0.4 is 10.5 Å². The van der Waals surface area contributed by atoms with Gasteiger partial charge in [-0.25, -0.2) is 0 Å². The van der Waals surface area contributed by atoms with Crippen molar-refractivity contribution in [3.8, 4) is 5.75 Å². The minimum atomic E-state index is -0.416. The summed E-state index contributed by atoms with van der Waals surface area (Å²) in [4.78, 5) is 10.1. The maximum absolute atomic E-state index is 10.5. The van der Waals surface area contributed by atoms with Crippen molar-refractivity contribution in [2.75, 3.05) is 6.54 Å². The molecule has 0 unspecified atom stereocenters. The van der Waals surface area contributed by atoms with Crippen LogP contribution in [0.4, 0.5) is 5.69 Å². The molecule has 0 heterocycles. The lowest BCUT2D eigenvalue weighted by molar-refractivity contribution is -0.384. The largest absolute Gasteiger partial charge is 0.489 e. The first-order chi connectivity index (χ1) is 9.69. The van der Waals surface area contributed by atoms with Crippen molar-refractivity contribution >= 4 is 18.1 Å². The van der Waals surface area contributed by atoms with Gasteiger partial charge in [0.15, 0.2) is 0 Å². The van der Waals surface area contributed by atoms with Crippen molar-refractivity contribution in [3.05, 3.63) is 69.8 Å². The van der Waals surface area contributed by atoms with Gasteiger partial charge >= 0.3 is 0 Å². The molecule has 0 bridgehead atoms. The molecule has 6 heteroatoms. The smallest absolute Gasteiger partial charge is 0.269 e. The Morgan fingerprint density at radius 2 is 1.57 bits per heavy atom. The van der Waals surface area contributed by atoms with E-state index in [4.69, 9.17) is 10.5 Å². The highest BCUT2D eigenvalue weighted by Gasteiger charge is 2.04. The van der Waals surface area contributed by atoms with E-state index < -0.39 is 4.92 Å². The van der Waals surface area contributed by atoms with E-state index in [1.807, 2.05) is 24.3 Å². The molecule has 0 amide bonds. The predicted octanol–water partition coefficient (Wildman–Crippen LogP) is 3.10. The fraction of sp³-hybridized carbons (Fsp3) is 0.200. The van der Waals surface area contributed by atoms with E-state index in [-0.39, 0.29) is 18.1 Å². The topological polar surface area (TPSA) is 78.4 Å². The maximum atomic E-state index is 10.5. The summed E-state index contributed by atoms with van der Waals surface area (Å²) in [6.45, 7) is 1.01. The van der Waals surface area contributed by atoms with Gasteiger partial charge in [0.25, 0.3) is 5.69 Å². The molecule has 2 N–H and O–H groups in total. The molecule has 2 aromatic rings. The molecule has 2 aromatic carbocycles. The quantitative estimate of drug-likeness (QED) is 0.657. The number of halogens is 1. The van der Waals surface area contributed by atoms with E-state index in [1.165, 1.54) is 17.7 Å². The van der Waals surface area contributed by atoms with Crippen molar-refractivity contribution in [1.82, 2.24) is 0 Å². The third-order valence-electron chi connectivity index (χ3n) is 2.91. The van der Waals surface area contributed by atoms with E-state index in [9.17, 15) is 10.1 Å². The first-order valence-corrected chi connectivity index (χ1v) is 6.34. The number of hydrogen-bond acceptors (Lipinski definition) is 4. The average Bonchev–Trinajstić information content (AvgIpc) is 2.47. The van der Waals surface area contributed by atoms with Crippen LogP contribution in [0.15, 0.2) is 48.5 Å². The number of non-ortho nitro benzene ring substituents is 1. The maximum Gasteiger partial charge on any atom is 0.269 e. The molecule has 0 aliphatic carbocycles. The summed E-state index contributed by atoms with van der Waals surface area (Å²) in [6, 6.07) is 14.1. The zero-order chi connectivity index (χ0) is 14.4. The van der Waals surface area contributed by atoms with Crippen molar-refractivity contribution in [3.63, 3.8) is 0 Å². The zero-order valence-corrected chi connectivity index (χ0v) is 12.2. The van der Waals surface area contributed by atoms with Gasteiger partial charge in [0.2, 0.25) is 0 Å². The van der Waals surface area contributed by atoms with E-state index in [1.54, 1.807) is 12.1 Å². The van der Waals surface area contributed by atoms with Gasteiger partial charge in [0, 0.05) is 12.1 Å². The molecule has 5 nitrogen and oxygen atoms in total. The van der Waals surface area contributed by atoms with E-state index in [0.29, 0.717) is 13.2 Å². The number of benzene rings is 2. The van der Waals surface area contributed by atoms with Crippen LogP contribution in [0.2, 0.25) is 0 Å². The summed E-state index contributed by atoms with van der Waals surface area (Å²) < 4.78 is 5.62. The Balaban J connectivity index is 0.00000220. The molecule has 0 aliphatic heterocycles. The second-order valence-electron chi connectivity index (χ2n) is 4.39. The molecule has 112 valence electrons. The van der Waals surface area contributed by atoms with Crippen molar-refractivity contribution < 1.29 is 9.66 Å². The number of rotatable bonds is 6. The number of nitro benzene ring substituents is 1. The minimum absolute atomic E-state index is 0.